The van der Waals surface area contributed by atoms with Gasteiger partial charge in [0.05, 0.1) is 0 Å². The Hall–Kier alpha value is -3.57. The minimum atomic E-state index is -0.467. The number of nitrogens with one attached hydrogen (secondary N) is 2. The lowest BCUT2D eigenvalue weighted by Gasteiger charge is -2.08. The zero-order chi connectivity index (χ0) is 20.5. The highest BCUT2D eigenvalue weighted by atomic mass is 35.5. The number of rotatable bonds is 6. The van der Waals surface area contributed by atoms with Gasteiger partial charge in [-0.1, -0.05) is 66.2 Å². The van der Waals surface area contributed by atoms with Crippen LogP contribution in [0.1, 0.15) is 5.56 Å². The number of carbonyl (C=O) groups excluding carboxylic acids is 2. The lowest BCUT2D eigenvalue weighted by Crippen LogP contribution is -2.43. The third-order valence-corrected chi connectivity index (χ3v) is 4.21. The van der Waals surface area contributed by atoms with Gasteiger partial charge in [-0.3, -0.25) is 20.4 Å². The Labute approximate surface area is 173 Å². The summed E-state index contributed by atoms with van der Waals surface area (Å²) in [4.78, 5) is 23.6. The van der Waals surface area contributed by atoms with E-state index in [-0.39, 0.29) is 6.61 Å². The van der Waals surface area contributed by atoms with E-state index in [0.29, 0.717) is 10.8 Å². The number of ether oxygens (including phenoxy) is 1. The number of hydrazine groups is 1. The van der Waals surface area contributed by atoms with Crippen LogP contribution in [0.2, 0.25) is 5.02 Å². The van der Waals surface area contributed by atoms with Crippen molar-refractivity contribution in [1.29, 1.82) is 0 Å². The van der Waals surface area contributed by atoms with Crippen molar-refractivity contribution in [3.8, 4) is 16.9 Å². The van der Waals surface area contributed by atoms with Crippen LogP contribution in [0.4, 0.5) is 0 Å². The van der Waals surface area contributed by atoms with E-state index < -0.39 is 11.8 Å². The van der Waals surface area contributed by atoms with Gasteiger partial charge in [-0.15, -0.1) is 0 Å². The quantitative estimate of drug-likeness (QED) is 0.475. The number of benzene rings is 3. The average molecular weight is 407 g/mol. The molecule has 29 heavy (non-hydrogen) atoms. The Balaban J connectivity index is 1.41. The standard InChI is InChI=1S/C23H19ClN2O3/c24-20-11-6-17(7-12-20)8-15-22(27)25-26-23(28)16-29-21-13-9-19(10-14-21)18-4-2-1-3-5-18/h1-15H,16H2,(H,25,27)(H,26,28)/b15-8+. The Kier molecular flexibility index (Phi) is 7.03. The van der Waals surface area contributed by atoms with Gasteiger partial charge >= 0.3 is 0 Å². The molecule has 0 saturated heterocycles. The first-order valence-corrected chi connectivity index (χ1v) is 9.29. The lowest BCUT2D eigenvalue weighted by atomic mass is 10.1. The van der Waals surface area contributed by atoms with Gasteiger partial charge < -0.3 is 4.74 Å². The molecule has 0 aliphatic rings. The minimum absolute atomic E-state index is 0.216. The maximum absolute atomic E-state index is 11.8. The first-order valence-electron chi connectivity index (χ1n) is 8.91. The molecule has 0 spiro atoms. The zero-order valence-electron chi connectivity index (χ0n) is 15.5. The topological polar surface area (TPSA) is 67.4 Å². The van der Waals surface area contributed by atoms with Crippen LogP contribution in [-0.2, 0) is 9.59 Å². The second kappa shape index (κ2) is 10.1. The molecule has 0 radical (unpaired) electrons. The molecule has 3 aromatic carbocycles. The molecule has 2 N–H and O–H groups in total. The predicted octanol–water partition coefficient (Wildman–Crippen LogP) is 4.25. The Morgan fingerprint density at radius 2 is 1.48 bits per heavy atom. The van der Waals surface area contributed by atoms with Gasteiger partial charge in [0, 0.05) is 11.1 Å². The van der Waals surface area contributed by atoms with E-state index in [9.17, 15) is 9.59 Å². The summed E-state index contributed by atoms with van der Waals surface area (Å²) in [5.41, 5.74) is 7.58. The molecule has 2 amide bonds. The van der Waals surface area contributed by atoms with E-state index in [1.807, 2.05) is 42.5 Å². The van der Waals surface area contributed by atoms with Crippen molar-refractivity contribution in [3.05, 3.63) is 95.5 Å². The highest BCUT2D eigenvalue weighted by Crippen LogP contribution is 2.21. The Morgan fingerprint density at radius 3 is 2.17 bits per heavy atom. The van der Waals surface area contributed by atoms with E-state index in [1.54, 1.807) is 42.5 Å². The largest absolute Gasteiger partial charge is 0.484 e. The third-order valence-electron chi connectivity index (χ3n) is 3.95. The highest BCUT2D eigenvalue weighted by molar-refractivity contribution is 6.30. The number of hydrogen-bond donors (Lipinski definition) is 2. The predicted molar refractivity (Wildman–Crippen MR) is 114 cm³/mol. The van der Waals surface area contributed by atoms with Crippen LogP contribution in [-0.4, -0.2) is 18.4 Å². The number of halogens is 1. The van der Waals surface area contributed by atoms with Gasteiger partial charge in [0.25, 0.3) is 11.8 Å². The van der Waals surface area contributed by atoms with Crippen LogP contribution < -0.4 is 15.6 Å². The summed E-state index contributed by atoms with van der Waals surface area (Å²) >= 11 is 5.81. The van der Waals surface area contributed by atoms with Crippen LogP contribution >= 0.6 is 11.6 Å². The fourth-order valence-electron chi connectivity index (χ4n) is 2.48. The van der Waals surface area contributed by atoms with Gasteiger partial charge in [0.1, 0.15) is 5.75 Å². The van der Waals surface area contributed by atoms with E-state index in [0.717, 1.165) is 16.7 Å². The highest BCUT2D eigenvalue weighted by Gasteiger charge is 2.04. The second-order valence-corrected chi connectivity index (χ2v) is 6.54. The maximum Gasteiger partial charge on any atom is 0.276 e. The van der Waals surface area contributed by atoms with E-state index in [1.165, 1.54) is 6.08 Å². The summed E-state index contributed by atoms with van der Waals surface area (Å²) in [6.07, 6.45) is 2.93. The molecule has 5 nitrogen and oxygen atoms in total. The van der Waals surface area contributed by atoms with Crippen LogP contribution in [0.5, 0.6) is 5.75 Å². The van der Waals surface area contributed by atoms with E-state index >= 15 is 0 Å². The summed E-state index contributed by atoms with van der Waals surface area (Å²) < 4.78 is 5.44. The molecule has 0 saturated carbocycles. The number of amides is 2. The molecule has 3 aromatic rings. The van der Waals surface area contributed by atoms with Crippen molar-refractivity contribution in [2.24, 2.45) is 0 Å². The molecule has 6 heteroatoms. The van der Waals surface area contributed by atoms with Crippen molar-refractivity contribution in [2.75, 3.05) is 6.61 Å². The first-order chi connectivity index (χ1) is 14.1. The van der Waals surface area contributed by atoms with Crippen molar-refractivity contribution in [1.82, 2.24) is 10.9 Å². The van der Waals surface area contributed by atoms with Gasteiger partial charge in [-0.05, 0) is 47.0 Å². The summed E-state index contributed by atoms with van der Waals surface area (Å²) in [7, 11) is 0. The molecular formula is C23H19ClN2O3. The van der Waals surface area contributed by atoms with E-state index in [2.05, 4.69) is 10.9 Å². The van der Waals surface area contributed by atoms with E-state index in [4.69, 9.17) is 16.3 Å². The van der Waals surface area contributed by atoms with Crippen molar-refractivity contribution in [3.63, 3.8) is 0 Å². The summed E-state index contributed by atoms with van der Waals surface area (Å²) in [6, 6.07) is 24.4. The number of carbonyl (C=O) groups is 2. The minimum Gasteiger partial charge on any atom is -0.484 e. The normalized spacial score (nSPS) is 10.5. The average Bonchev–Trinajstić information content (AvgIpc) is 2.77. The van der Waals surface area contributed by atoms with Gasteiger partial charge in [-0.25, -0.2) is 0 Å². The molecule has 0 heterocycles. The Morgan fingerprint density at radius 1 is 0.828 bits per heavy atom. The third kappa shape index (κ3) is 6.52. The summed E-state index contributed by atoms with van der Waals surface area (Å²) in [5.74, 6) is -0.361. The van der Waals surface area contributed by atoms with Crippen LogP contribution in [0.3, 0.4) is 0 Å². The fraction of sp³-hybridized carbons (Fsp3) is 0.0435. The smallest absolute Gasteiger partial charge is 0.276 e. The molecule has 0 aromatic heterocycles. The fourth-order valence-corrected chi connectivity index (χ4v) is 2.60. The molecule has 0 atom stereocenters. The lowest BCUT2D eigenvalue weighted by molar-refractivity contribution is -0.128. The molecular weight excluding hydrogens is 388 g/mol. The molecule has 146 valence electrons. The van der Waals surface area contributed by atoms with Crippen LogP contribution in [0.15, 0.2) is 84.9 Å². The van der Waals surface area contributed by atoms with Crippen molar-refractivity contribution in [2.45, 2.75) is 0 Å². The second-order valence-electron chi connectivity index (χ2n) is 6.10. The van der Waals surface area contributed by atoms with Gasteiger partial charge in [-0.2, -0.15) is 0 Å². The zero-order valence-corrected chi connectivity index (χ0v) is 16.2. The monoisotopic (exact) mass is 406 g/mol. The van der Waals surface area contributed by atoms with Gasteiger partial charge in [0.2, 0.25) is 0 Å². The van der Waals surface area contributed by atoms with Crippen molar-refractivity contribution >= 4 is 29.5 Å². The number of hydrogen-bond acceptors (Lipinski definition) is 3. The van der Waals surface area contributed by atoms with Crippen LogP contribution in [0.25, 0.3) is 17.2 Å². The molecule has 0 unspecified atom stereocenters. The van der Waals surface area contributed by atoms with Gasteiger partial charge in [0.15, 0.2) is 6.61 Å². The van der Waals surface area contributed by atoms with Crippen molar-refractivity contribution < 1.29 is 14.3 Å². The Bertz CT molecular complexity index is 985. The molecule has 0 bridgehead atoms. The summed E-state index contributed by atoms with van der Waals surface area (Å²) in [6.45, 7) is -0.216. The maximum atomic E-state index is 11.8. The molecule has 0 fully saturated rings. The molecule has 3 rings (SSSR count). The summed E-state index contributed by atoms with van der Waals surface area (Å²) in [5, 5.41) is 0.619. The molecule has 0 aliphatic heterocycles. The first kappa shape index (κ1) is 20.2. The van der Waals surface area contributed by atoms with Crippen LogP contribution in [0, 0.1) is 0 Å². The SMILES string of the molecule is O=C(/C=C/c1ccc(Cl)cc1)NNC(=O)COc1ccc(-c2ccccc2)cc1. The molecule has 0 aliphatic carbocycles.